The number of carbonyl (C=O) groups is 2. The minimum atomic E-state index is -0.176. The van der Waals surface area contributed by atoms with Gasteiger partial charge >= 0.3 is 0 Å². The van der Waals surface area contributed by atoms with Crippen LogP contribution in [0.15, 0.2) is 42.6 Å². The molecule has 1 aromatic heterocycles. The third-order valence-corrected chi connectivity index (χ3v) is 7.70. The lowest BCUT2D eigenvalue weighted by Gasteiger charge is -2.42. The first-order valence-corrected chi connectivity index (χ1v) is 12.3. The minimum absolute atomic E-state index is 0.0296. The van der Waals surface area contributed by atoms with Crippen LogP contribution in [-0.2, 0) is 9.59 Å². The van der Waals surface area contributed by atoms with Crippen LogP contribution in [0.1, 0.15) is 62.2 Å². The number of hydrogen-bond donors (Lipinski definition) is 0. The number of hydrogen-bond acceptors (Lipinski definition) is 4. The number of piperidine rings is 1. The maximum Gasteiger partial charge on any atom is 0.233 e. The molecule has 6 nitrogen and oxygen atoms in total. The molecular weight excluding hydrogens is 459 g/mol. The molecule has 0 saturated carbocycles. The van der Waals surface area contributed by atoms with Crippen molar-refractivity contribution >= 4 is 35.0 Å². The second-order valence-corrected chi connectivity index (χ2v) is 9.71. The predicted octanol–water partition coefficient (Wildman–Crippen LogP) is 5.08. The number of likely N-dealkylation sites (tertiary alicyclic amines) is 1. The average molecular weight is 489 g/mol. The van der Waals surface area contributed by atoms with Gasteiger partial charge in [0.05, 0.1) is 21.8 Å². The Kier molecular flexibility index (Phi) is 7.57. The molecule has 0 unspecified atom stereocenters. The van der Waals surface area contributed by atoms with Crippen LogP contribution < -0.4 is 0 Å². The first-order valence-electron chi connectivity index (χ1n) is 11.5. The van der Waals surface area contributed by atoms with Gasteiger partial charge in [0.25, 0.3) is 0 Å². The monoisotopic (exact) mass is 488 g/mol. The highest BCUT2D eigenvalue weighted by atomic mass is 35.5. The zero-order valence-electron chi connectivity index (χ0n) is 19.1. The first kappa shape index (κ1) is 24.0. The molecule has 1 aromatic carbocycles. The number of hydrazine groups is 1. The van der Waals surface area contributed by atoms with Crippen molar-refractivity contribution in [3.05, 3.63) is 63.9 Å². The molecule has 4 rings (SSSR count). The van der Waals surface area contributed by atoms with E-state index in [0.29, 0.717) is 23.0 Å². The summed E-state index contributed by atoms with van der Waals surface area (Å²) in [4.78, 5) is 31.7. The van der Waals surface area contributed by atoms with Crippen molar-refractivity contribution in [2.45, 2.75) is 57.0 Å². The number of nitrogens with zero attached hydrogens (tertiary/aromatic N) is 4. The van der Waals surface area contributed by atoms with Gasteiger partial charge in [0, 0.05) is 51.6 Å². The molecule has 3 heterocycles. The van der Waals surface area contributed by atoms with Gasteiger partial charge in [-0.05, 0) is 55.5 Å². The Morgan fingerprint density at radius 3 is 2.70 bits per heavy atom. The van der Waals surface area contributed by atoms with E-state index in [0.717, 1.165) is 43.5 Å². The minimum Gasteiger partial charge on any atom is -0.333 e. The van der Waals surface area contributed by atoms with Crippen LogP contribution in [-0.4, -0.2) is 57.9 Å². The third-order valence-electron chi connectivity index (χ3n) is 6.96. The fourth-order valence-electron chi connectivity index (χ4n) is 5.20. The van der Waals surface area contributed by atoms with Gasteiger partial charge in [-0.1, -0.05) is 35.3 Å². The van der Waals surface area contributed by atoms with E-state index in [2.05, 4.69) is 9.99 Å². The van der Waals surface area contributed by atoms with Crippen molar-refractivity contribution in [3.8, 4) is 0 Å². The summed E-state index contributed by atoms with van der Waals surface area (Å²) in [5, 5.41) is 4.90. The number of rotatable bonds is 6. The Hall–Kier alpha value is -2.15. The van der Waals surface area contributed by atoms with E-state index >= 15 is 0 Å². The quantitative estimate of drug-likeness (QED) is 0.568. The summed E-state index contributed by atoms with van der Waals surface area (Å²) in [5.74, 6) is 0.250. The summed E-state index contributed by atoms with van der Waals surface area (Å²) in [6, 6.07) is 11.6. The van der Waals surface area contributed by atoms with Crippen LogP contribution >= 0.6 is 23.2 Å². The van der Waals surface area contributed by atoms with Crippen LogP contribution in [0, 0.1) is 0 Å². The van der Waals surface area contributed by atoms with Crippen LogP contribution in [0.5, 0.6) is 0 Å². The molecule has 0 bridgehead atoms. The van der Waals surface area contributed by atoms with E-state index in [1.807, 2.05) is 48.3 Å². The van der Waals surface area contributed by atoms with Gasteiger partial charge in [0.15, 0.2) is 0 Å². The van der Waals surface area contributed by atoms with Crippen molar-refractivity contribution in [2.24, 2.45) is 0 Å². The average Bonchev–Trinajstić information content (AvgIpc) is 3.28. The molecule has 2 aliphatic rings. The molecule has 0 radical (unpaired) electrons. The van der Waals surface area contributed by atoms with E-state index in [-0.39, 0.29) is 29.8 Å². The highest BCUT2D eigenvalue weighted by molar-refractivity contribution is 6.42. The molecule has 2 aliphatic heterocycles. The molecule has 2 amide bonds. The van der Waals surface area contributed by atoms with Crippen LogP contribution in [0.3, 0.4) is 0 Å². The Morgan fingerprint density at radius 1 is 1.18 bits per heavy atom. The number of halogens is 2. The summed E-state index contributed by atoms with van der Waals surface area (Å²) in [6.07, 6.45) is 5.86. The Balaban J connectivity index is 1.61. The van der Waals surface area contributed by atoms with Crippen molar-refractivity contribution in [1.82, 2.24) is 19.9 Å². The summed E-state index contributed by atoms with van der Waals surface area (Å²) in [6.45, 7) is 3.07. The normalized spacial score (nSPS) is 23.7. The zero-order valence-corrected chi connectivity index (χ0v) is 20.6. The van der Waals surface area contributed by atoms with E-state index in [1.165, 1.54) is 0 Å². The van der Waals surface area contributed by atoms with Crippen LogP contribution in [0.2, 0.25) is 10.0 Å². The fraction of sp³-hybridized carbons (Fsp3) is 0.480. The van der Waals surface area contributed by atoms with E-state index in [9.17, 15) is 9.59 Å². The number of pyridine rings is 1. The molecule has 0 N–H and O–H groups in total. The van der Waals surface area contributed by atoms with Crippen LogP contribution in [0.25, 0.3) is 0 Å². The van der Waals surface area contributed by atoms with Crippen LogP contribution in [0.4, 0.5) is 0 Å². The van der Waals surface area contributed by atoms with Crippen molar-refractivity contribution in [2.75, 3.05) is 20.1 Å². The van der Waals surface area contributed by atoms with E-state index in [4.69, 9.17) is 23.2 Å². The number of amides is 2. The maximum absolute atomic E-state index is 13.2. The summed E-state index contributed by atoms with van der Waals surface area (Å²) < 4.78 is 0. The lowest BCUT2D eigenvalue weighted by atomic mass is 9.81. The smallest absolute Gasteiger partial charge is 0.233 e. The summed E-state index contributed by atoms with van der Waals surface area (Å²) in [7, 11) is 1.82. The Labute approximate surface area is 205 Å². The number of benzene rings is 1. The number of aromatic nitrogens is 1. The molecule has 2 fully saturated rings. The van der Waals surface area contributed by atoms with Crippen molar-refractivity contribution in [3.63, 3.8) is 0 Å². The maximum atomic E-state index is 13.2. The van der Waals surface area contributed by atoms with Gasteiger partial charge in [0.2, 0.25) is 11.8 Å². The van der Waals surface area contributed by atoms with Gasteiger partial charge in [-0.2, -0.15) is 0 Å². The van der Waals surface area contributed by atoms with Gasteiger partial charge in [-0.15, -0.1) is 0 Å². The summed E-state index contributed by atoms with van der Waals surface area (Å²) >= 11 is 12.5. The highest BCUT2D eigenvalue weighted by Crippen LogP contribution is 2.44. The molecular formula is C25H30Cl2N4O2. The zero-order chi connectivity index (χ0) is 23.5. The van der Waals surface area contributed by atoms with Crippen molar-refractivity contribution < 1.29 is 9.59 Å². The molecule has 33 heavy (non-hydrogen) atoms. The largest absolute Gasteiger partial charge is 0.333 e. The number of carbonyl (C=O) groups excluding carboxylic acids is 2. The van der Waals surface area contributed by atoms with Crippen molar-refractivity contribution in [1.29, 1.82) is 0 Å². The Bertz CT molecular complexity index is 1000. The lowest BCUT2D eigenvalue weighted by Crippen LogP contribution is -2.48. The van der Waals surface area contributed by atoms with Gasteiger partial charge < -0.3 is 4.90 Å². The molecule has 3 atom stereocenters. The first-order chi connectivity index (χ1) is 15.9. The molecule has 2 saturated heterocycles. The highest BCUT2D eigenvalue weighted by Gasteiger charge is 2.39. The molecule has 0 spiro atoms. The summed E-state index contributed by atoms with van der Waals surface area (Å²) in [5.41, 5.74) is 1.95. The SMILES string of the molecule is CC(=O)N(C)N1CCC[C@H]1CCN1C(=O)CC[C@@H](c2ccc(Cl)c(Cl)c2)[C@H]1c1ccccn1. The fourth-order valence-corrected chi connectivity index (χ4v) is 5.51. The molecule has 0 aliphatic carbocycles. The standard InChI is InChI=1S/C25H30Cl2N4O2/c1-17(32)29(2)31-14-5-6-19(31)12-15-30-24(33)11-9-20(18-8-10-21(26)22(27)16-18)25(30)23-7-3-4-13-28-23/h3-4,7-8,10,13,16,19-20,25H,5-6,9,11-12,14-15H2,1-2H3/t19-,20-,25-/m0/s1. The van der Waals surface area contributed by atoms with E-state index in [1.54, 1.807) is 18.1 Å². The molecule has 2 aromatic rings. The Morgan fingerprint density at radius 2 is 2.00 bits per heavy atom. The van der Waals surface area contributed by atoms with Gasteiger partial charge in [-0.3, -0.25) is 19.6 Å². The van der Waals surface area contributed by atoms with E-state index < -0.39 is 0 Å². The lowest BCUT2D eigenvalue weighted by molar-refractivity contribution is -0.146. The second-order valence-electron chi connectivity index (χ2n) is 8.90. The van der Waals surface area contributed by atoms with Gasteiger partial charge in [0.1, 0.15) is 0 Å². The molecule has 8 heteroatoms. The molecule has 176 valence electrons. The topological polar surface area (TPSA) is 56.8 Å². The second kappa shape index (κ2) is 10.4. The van der Waals surface area contributed by atoms with Gasteiger partial charge in [-0.25, -0.2) is 5.01 Å². The third kappa shape index (κ3) is 5.18. The predicted molar refractivity (Wildman–Crippen MR) is 130 cm³/mol.